The minimum Gasteiger partial charge on any atom is -0.299 e. The highest BCUT2D eigenvalue weighted by atomic mass is 15.1. The second kappa shape index (κ2) is 13.1. The van der Waals surface area contributed by atoms with Crippen molar-refractivity contribution in [3.05, 3.63) is 204 Å². The van der Waals surface area contributed by atoms with Crippen LogP contribution in [-0.4, -0.2) is 22.6 Å². The quantitative estimate of drug-likeness (QED) is 0.138. The molecule has 9 aromatic carbocycles. The molecule has 0 amide bonds. The van der Waals surface area contributed by atoms with E-state index >= 15 is 0 Å². The maximum Gasteiger partial charge on any atom is 0.163 e. The summed E-state index contributed by atoms with van der Waals surface area (Å²) in [5, 5.41) is 18.5. The van der Waals surface area contributed by atoms with Crippen LogP contribution in [0.2, 0.25) is 0 Å². The lowest BCUT2D eigenvalue weighted by atomic mass is 9.82. The van der Waals surface area contributed by atoms with Crippen molar-refractivity contribution in [2.45, 2.75) is 19.3 Å². The summed E-state index contributed by atoms with van der Waals surface area (Å²) >= 11 is 0. The number of nitrogens with one attached hydrogen (secondary N) is 1. The second-order valence-corrected chi connectivity index (χ2v) is 15.8. The van der Waals surface area contributed by atoms with Crippen LogP contribution in [-0.2, 0) is 5.41 Å². The zero-order valence-electron chi connectivity index (χ0n) is 32.2. The average Bonchev–Trinajstić information content (AvgIpc) is 3.70. The fourth-order valence-electron chi connectivity index (χ4n) is 9.20. The minimum atomic E-state index is -0.118. The van der Waals surface area contributed by atoms with Crippen molar-refractivity contribution in [2.24, 2.45) is 9.98 Å². The molecule has 10 aromatic rings. The summed E-state index contributed by atoms with van der Waals surface area (Å²) in [5.41, 5.74) is 11.2. The monoisotopic (exact) mass is 742 g/mol. The molecule has 11 rings (SSSR count). The van der Waals surface area contributed by atoms with Crippen LogP contribution in [0.3, 0.4) is 0 Å². The third-order valence-corrected chi connectivity index (χ3v) is 12.1. The number of hydrogen-bond acceptors (Lipinski definition) is 1. The molecule has 0 spiro atoms. The Bertz CT molecular complexity index is 3380. The Kier molecular flexibility index (Phi) is 7.64. The van der Waals surface area contributed by atoms with E-state index in [4.69, 9.17) is 15.4 Å². The topological polar surface area (TPSA) is 53.5 Å². The van der Waals surface area contributed by atoms with Gasteiger partial charge in [0.05, 0.1) is 11.0 Å². The van der Waals surface area contributed by atoms with Gasteiger partial charge in [-0.3, -0.25) is 9.98 Å². The van der Waals surface area contributed by atoms with Gasteiger partial charge in [-0.15, -0.1) is 0 Å². The van der Waals surface area contributed by atoms with Gasteiger partial charge in [0, 0.05) is 32.9 Å². The van der Waals surface area contributed by atoms with Gasteiger partial charge in [-0.1, -0.05) is 172 Å². The third-order valence-electron chi connectivity index (χ3n) is 12.1. The molecule has 0 saturated carbocycles. The summed E-state index contributed by atoms with van der Waals surface area (Å²) in [6, 6.07) is 64.3. The highest BCUT2D eigenvalue weighted by Gasteiger charge is 2.36. The van der Waals surface area contributed by atoms with Gasteiger partial charge < -0.3 is 0 Å². The molecule has 58 heavy (non-hydrogen) atoms. The Balaban J connectivity index is 1.15. The third kappa shape index (κ3) is 5.33. The summed E-state index contributed by atoms with van der Waals surface area (Å²) < 4.78 is 2.23. The van der Waals surface area contributed by atoms with Gasteiger partial charge in [-0.05, 0) is 84.4 Å². The van der Waals surface area contributed by atoms with E-state index in [9.17, 15) is 0 Å². The van der Waals surface area contributed by atoms with Crippen molar-refractivity contribution in [1.82, 2.24) is 4.57 Å². The van der Waals surface area contributed by atoms with E-state index in [0.29, 0.717) is 5.84 Å². The number of aromatic nitrogens is 1. The van der Waals surface area contributed by atoms with Crippen LogP contribution in [0, 0.1) is 5.41 Å². The molecular weight excluding hydrogens is 705 g/mol. The van der Waals surface area contributed by atoms with E-state index < -0.39 is 0 Å². The Morgan fingerprint density at radius 3 is 1.98 bits per heavy atom. The molecule has 274 valence electrons. The molecule has 0 bridgehead atoms. The summed E-state index contributed by atoms with van der Waals surface area (Å²) in [6.45, 7) is 4.69. The fraction of sp³-hybridized carbons (Fsp3) is 0.0556. The van der Waals surface area contributed by atoms with Crippen molar-refractivity contribution in [1.29, 1.82) is 5.41 Å². The van der Waals surface area contributed by atoms with Crippen LogP contribution in [0.1, 0.15) is 36.1 Å². The summed E-state index contributed by atoms with van der Waals surface area (Å²) in [4.78, 5) is 10.1. The van der Waals surface area contributed by atoms with Crippen molar-refractivity contribution >= 4 is 72.1 Å². The maximum atomic E-state index is 9.05. The van der Waals surface area contributed by atoms with Crippen LogP contribution < -0.4 is 0 Å². The molecule has 1 aliphatic rings. The molecule has 1 aliphatic carbocycles. The van der Waals surface area contributed by atoms with Crippen LogP contribution in [0.25, 0.3) is 76.4 Å². The number of rotatable bonds is 4. The number of benzene rings is 9. The summed E-state index contributed by atoms with van der Waals surface area (Å²) in [6.07, 6.45) is 1.91. The van der Waals surface area contributed by atoms with Crippen molar-refractivity contribution in [3.8, 4) is 22.3 Å². The zero-order valence-corrected chi connectivity index (χ0v) is 32.2. The Hall–Kier alpha value is -7.43. The second-order valence-electron chi connectivity index (χ2n) is 15.8. The zero-order chi connectivity index (χ0) is 39.0. The van der Waals surface area contributed by atoms with Gasteiger partial charge in [0.15, 0.2) is 11.7 Å². The molecule has 1 heterocycles. The summed E-state index contributed by atoms with van der Waals surface area (Å²) in [5.74, 6) is 0.625. The lowest BCUT2D eigenvalue weighted by molar-refractivity contribution is 0.661. The Morgan fingerprint density at radius 2 is 1.17 bits per heavy atom. The molecular formula is C54H38N4. The van der Waals surface area contributed by atoms with Crippen molar-refractivity contribution in [3.63, 3.8) is 0 Å². The maximum absolute atomic E-state index is 9.05. The van der Waals surface area contributed by atoms with Crippen molar-refractivity contribution < 1.29 is 0 Å². The average molecular weight is 743 g/mol. The normalized spacial score (nSPS) is 13.6. The standard InChI is InChI=1S/C54H38N4/c1-54(2)47-27-26-40(31-46(47)50-42-20-11-10-14-35(42)25-28-48(50)54)43-21-12-22-44-45-30-38-18-8-9-19-39(38)32-49(45)58(51(43)44)33-56-53(57-52(55)36-15-4-3-5-16-36)41-24-23-34-13-6-7-17-37(34)29-41/h3-33,55H,1-2H3. The van der Waals surface area contributed by atoms with Crippen LogP contribution in [0.4, 0.5) is 0 Å². The van der Waals surface area contributed by atoms with E-state index in [0.717, 1.165) is 60.2 Å². The minimum absolute atomic E-state index is 0.118. The molecule has 4 nitrogen and oxygen atoms in total. The number of hydrogen-bond donors (Lipinski definition) is 1. The first-order chi connectivity index (χ1) is 28.4. The lowest BCUT2D eigenvalue weighted by Gasteiger charge is -2.21. The lowest BCUT2D eigenvalue weighted by Crippen LogP contribution is -2.14. The molecule has 0 saturated heterocycles. The highest BCUT2D eigenvalue weighted by molar-refractivity contribution is 6.20. The van der Waals surface area contributed by atoms with E-state index in [1.807, 2.05) is 48.8 Å². The summed E-state index contributed by atoms with van der Waals surface area (Å²) in [7, 11) is 0. The Labute approximate surface area is 336 Å². The van der Waals surface area contributed by atoms with Crippen LogP contribution >= 0.6 is 0 Å². The molecule has 0 atom stereocenters. The van der Waals surface area contributed by atoms with Gasteiger partial charge >= 0.3 is 0 Å². The predicted octanol–water partition coefficient (Wildman–Crippen LogP) is 13.6. The number of aliphatic imine (C=N–C) groups is 2. The van der Waals surface area contributed by atoms with Gasteiger partial charge in [0.25, 0.3) is 0 Å². The van der Waals surface area contributed by atoms with Gasteiger partial charge in [-0.25, -0.2) is 9.98 Å². The Morgan fingerprint density at radius 1 is 0.517 bits per heavy atom. The first-order valence-electron chi connectivity index (χ1n) is 19.8. The fourth-order valence-corrected chi connectivity index (χ4v) is 9.20. The predicted molar refractivity (Wildman–Crippen MR) is 245 cm³/mol. The molecule has 0 unspecified atom stereocenters. The highest BCUT2D eigenvalue weighted by Crippen LogP contribution is 2.52. The number of amidine groups is 2. The van der Waals surface area contributed by atoms with Crippen molar-refractivity contribution in [2.75, 3.05) is 0 Å². The number of fused-ring (bicyclic) bond motifs is 10. The number of nitrogens with zero attached hydrogens (tertiary/aromatic N) is 3. The number of para-hydroxylation sites is 1. The SMILES string of the molecule is CC1(C)c2ccc(-c3cccc4c5cc6ccccc6cc5n(C=NC(=NC(=N)c5ccccc5)c5ccc6ccccc6c5)c34)cc2-c2c1ccc1ccccc21. The molecule has 0 aliphatic heterocycles. The van der Waals surface area contributed by atoms with Crippen LogP contribution in [0.15, 0.2) is 192 Å². The van der Waals surface area contributed by atoms with E-state index in [-0.39, 0.29) is 11.3 Å². The molecule has 1 aromatic heterocycles. The van der Waals surface area contributed by atoms with E-state index in [1.54, 1.807) is 0 Å². The van der Waals surface area contributed by atoms with Gasteiger partial charge in [0.1, 0.15) is 6.34 Å². The molecule has 1 N–H and O–H groups in total. The molecule has 0 fully saturated rings. The van der Waals surface area contributed by atoms with Crippen LogP contribution in [0.5, 0.6) is 0 Å². The van der Waals surface area contributed by atoms with Gasteiger partial charge in [-0.2, -0.15) is 0 Å². The first kappa shape index (κ1) is 33.9. The molecule has 4 heteroatoms. The van der Waals surface area contributed by atoms with E-state index in [2.05, 4.69) is 158 Å². The van der Waals surface area contributed by atoms with Gasteiger partial charge in [0.2, 0.25) is 0 Å². The van der Waals surface area contributed by atoms with E-state index in [1.165, 1.54) is 38.4 Å². The molecule has 0 radical (unpaired) electrons. The first-order valence-corrected chi connectivity index (χ1v) is 19.8. The smallest absolute Gasteiger partial charge is 0.163 e. The largest absolute Gasteiger partial charge is 0.299 e.